The Labute approximate surface area is 140 Å². The summed E-state index contributed by atoms with van der Waals surface area (Å²) in [7, 11) is 1.80. The number of fused-ring (bicyclic) bond motifs is 1. The van der Waals surface area contributed by atoms with Crippen molar-refractivity contribution in [2.75, 3.05) is 13.1 Å². The van der Waals surface area contributed by atoms with E-state index in [9.17, 15) is 4.79 Å². The number of carbonyl (C=O) groups is 1. The molecule has 3 aromatic rings. The number of carbonyl (C=O) groups excluding carboxylic acids is 1. The molecule has 4 heterocycles. The Bertz CT molecular complexity index is 888. The van der Waals surface area contributed by atoms with E-state index in [0.29, 0.717) is 12.2 Å². The van der Waals surface area contributed by atoms with Gasteiger partial charge in [-0.3, -0.25) is 19.4 Å². The molecule has 0 N–H and O–H groups in total. The van der Waals surface area contributed by atoms with Gasteiger partial charge < -0.3 is 4.90 Å². The Morgan fingerprint density at radius 1 is 1.25 bits per heavy atom. The van der Waals surface area contributed by atoms with Crippen LogP contribution in [0, 0.1) is 0 Å². The first-order chi connectivity index (χ1) is 11.7. The molecule has 4 rings (SSSR count). The van der Waals surface area contributed by atoms with Gasteiger partial charge in [-0.25, -0.2) is 0 Å². The van der Waals surface area contributed by atoms with Gasteiger partial charge in [0.2, 0.25) is 0 Å². The molecule has 1 saturated heterocycles. The largest absolute Gasteiger partial charge is 0.337 e. The van der Waals surface area contributed by atoms with Gasteiger partial charge in [-0.2, -0.15) is 5.10 Å². The molecule has 0 spiro atoms. The van der Waals surface area contributed by atoms with Crippen LogP contribution in [0.5, 0.6) is 0 Å². The van der Waals surface area contributed by atoms with E-state index < -0.39 is 0 Å². The summed E-state index contributed by atoms with van der Waals surface area (Å²) in [4.78, 5) is 23.6. The monoisotopic (exact) mass is 321 g/mol. The summed E-state index contributed by atoms with van der Waals surface area (Å²) in [5.41, 5.74) is 2.60. The lowest BCUT2D eigenvalue weighted by atomic mass is 9.93. The van der Waals surface area contributed by atoms with Crippen LogP contribution in [-0.4, -0.2) is 43.6 Å². The molecule has 0 aromatic carbocycles. The fourth-order valence-corrected chi connectivity index (χ4v) is 3.35. The number of hydrogen-bond donors (Lipinski definition) is 0. The molecule has 1 amide bonds. The van der Waals surface area contributed by atoms with Gasteiger partial charge >= 0.3 is 0 Å². The molecule has 0 saturated carbocycles. The topological polar surface area (TPSA) is 63.9 Å². The Morgan fingerprint density at radius 3 is 3.00 bits per heavy atom. The van der Waals surface area contributed by atoms with Gasteiger partial charge in [0.15, 0.2) is 0 Å². The summed E-state index contributed by atoms with van der Waals surface area (Å²) in [6, 6.07) is 7.75. The number of piperidine rings is 1. The van der Waals surface area contributed by atoms with Gasteiger partial charge in [-0.15, -0.1) is 0 Å². The van der Waals surface area contributed by atoms with Crippen molar-refractivity contribution in [1.29, 1.82) is 0 Å². The first kappa shape index (κ1) is 14.8. The van der Waals surface area contributed by atoms with Gasteiger partial charge in [0.1, 0.15) is 5.69 Å². The first-order valence-electron chi connectivity index (χ1n) is 8.20. The smallest absolute Gasteiger partial charge is 0.272 e. The van der Waals surface area contributed by atoms with E-state index in [0.717, 1.165) is 36.0 Å². The number of aryl methyl sites for hydroxylation is 1. The molecule has 1 fully saturated rings. The Balaban J connectivity index is 1.57. The number of aromatic nitrogens is 4. The Kier molecular flexibility index (Phi) is 3.72. The summed E-state index contributed by atoms with van der Waals surface area (Å²) < 4.78 is 1.63. The summed E-state index contributed by atoms with van der Waals surface area (Å²) in [5, 5.41) is 5.13. The van der Waals surface area contributed by atoms with E-state index in [1.165, 1.54) is 0 Å². The lowest BCUT2D eigenvalue weighted by molar-refractivity contribution is 0.0695. The lowest BCUT2D eigenvalue weighted by Crippen LogP contribution is -2.40. The predicted octanol–water partition coefficient (Wildman–Crippen LogP) is 2.38. The summed E-state index contributed by atoms with van der Waals surface area (Å²) in [6.45, 7) is 1.47. The van der Waals surface area contributed by atoms with Crippen molar-refractivity contribution >= 4 is 16.8 Å². The van der Waals surface area contributed by atoms with Gasteiger partial charge in [0.25, 0.3) is 5.91 Å². The van der Waals surface area contributed by atoms with Crippen LogP contribution in [0.15, 0.2) is 42.9 Å². The van der Waals surface area contributed by atoms with Crippen LogP contribution in [0.4, 0.5) is 0 Å². The highest BCUT2D eigenvalue weighted by molar-refractivity contribution is 5.92. The maximum atomic E-state index is 12.7. The fraction of sp³-hybridized carbons (Fsp3) is 0.333. The maximum Gasteiger partial charge on any atom is 0.272 e. The van der Waals surface area contributed by atoms with E-state index in [-0.39, 0.29) is 11.8 Å². The van der Waals surface area contributed by atoms with Crippen LogP contribution in [0.2, 0.25) is 0 Å². The van der Waals surface area contributed by atoms with Crippen molar-refractivity contribution in [2.45, 2.75) is 18.8 Å². The zero-order chi connectivity index (χ0) is 16.5. The molecule has 6 heteroatoms. The van der Waals surface area contributed by atoms with Crippen LogP contribution in [0.1, 0.15) is 34.9 Å². The molecular weight excluding hydrogens is 302 g/mol. The van der Waals surface area contributed by atoms with Crippen molar-refractivity contribution in [2.24, 2.45) is 7.05 Å². The highest BCUT2D eigenvalue weighted by Crippen LogP contribution is 2.27. The highest BCUT2D eigenvalue weighted by Gasteiger charge is 2.27. The highest BCUT2D eigenvalue weighted by atomic mass is 16.2. The molecule has 0 unspecified atom stereocenters. The van der Waals surface area contributed by atoms with Crippen LogP contribution in [0.25, 0.3) is 10.9 Å². The van der Waals surface area contributed by atoms with Crippen molar-refractivity contribution in [1.82, 2.24) is 24.6 Å². The normalized spacial score (nSPS) is 18.0. The number of nitrogens with zero attached hydrogens (tertiary/aromatic N) is 5. The van der Waals surface area contributed by atoms with Crippen LogP contribution in [-0.2, 0) is 7.05 Å². The fourth-order valence-electron chi connectivity index (χ4n) is 3.35. The molecule has 0 aliphatic carbocycles. The van der Waals surface area contributed by atoms with E-state index >= 15 is 0 Å². The predicted molar refractivity (Wildman–Crippen MR) is 90.6 cm³/mol. The Hall–Kier alpha value is -2.76. The quantitative estimate of drug-likeness (QED) is 0.727. The first-order valence-corrected chi connectivity index (χ1v) is 8.20. The molecule has 0 radical (unpaired) electrons. The standard InChI is InChI=1S/C18H19N5O/c1-22-17(6-8-21-22)18(24)23-9-3-5-14(12-23)16-10-15-13(11-20-16)4-2-7-19-15/h2,4,6-8,10-11,14H,3,5,9,12H2,1H3/t14-/m1/s1. The molecule has 1 atom stereocenters. The number of likely N-dealkylation sites (tertiary alicyclic amines) is 1. The second-order valence-electron chi connectivity index (χ2n) is 6.24. The summed E-state index contributed by atoms with van der Waals surface area (Å²) >= 11 is 0. The van der Waals surface area contributed by atoms with Crippen LogP contribution in [0.3, 0.4) is 0 Å². The SMILES string of the molecule is Cn1nccc1C(=O)N1CCC[C@@H](c2cc3ncccc3cn2)C1. The van der Waals surface area contributed by atoms with Crippen LogP contribution >= 0.6 is 0 Å². The minimum atomic E-state index is 0.0404. The van der Waals surface area contributed by atoms with Gasteiger partial charge in [-0.1, -0.05) is 0 Å². The molecular formula is C18H19N5O. The number of hydrogen-bond acceptors (Lipinski definition) is 4. The molecule has 3 aromatic heterocycles. The summed E-state index contributed by atoms with van der Waals surface area (Å²) in [5.74, 6) is 0.293. The zero-order valence-electron chi connectivity index (χ0n) is 13.6. The third-order valence-electron chi connectivity index (χ3n) is 4.68. The minimum absolute atomic E-state index is 0.0404. The third-order valence-corrected chi connectivity index (χ3v) is 4.68. The molecule has 1 aliphatic rings. The maximum absolute atomic E-state index is 12.7. The van der Waals surface area contributed by atoms with Crippen molar-refractivity contribution in [3.8, 4) is 0 Å². The molecule has 6 nitrogen and oxygen atoms in total. The number of amides is 1. The number of pyridine rings is 2. The van der Waals surface area contributed by atoms with Gasteiger partial charge in [0.05, 0.1) is 5.52 Å². The molecule has 122 valence electrons. The second-order valence-corrected chi connectivity index (χ2v) is 6.24. The molecule has 0 bridgehead atoms. The zero-order valence-corrected chi connectivity index (χ0v) is 13.6. The third kappa shape index (κ3) is 2.64. The molecule has 1 aliphatic heterocycles. The van der Waals surface area contributed by atoms with E-state index in [1.807, 2.05) is 23.2 Å². The van der Waals surface area contributed by atoms with Gasteiger partial charge in [0, 0.05) is 55.7 Å². The van der Waals surface area contributed by atoms with Crippen molar-refractivity contribution < 1.29 is 4.79 Å². The van der Waals surface area contributed by atoms with E-state index in [4.69, 9.17) is 0 Å². The average molecular weight is 321 g/mol. The van der Waals surface area contributed by atoms with E-state index in [1.54, 1.807) is 30.2 Å². The second kappa shape index (κ2) is 6.03. The Morgan fingerprint density at radius 2 is 2.17 bits per heavy atom. The van der Waals surface area contributed by atoms with Crippen molar-refractivity contribution in [3.63, 3.8) is 0 Å². The van der Waals surface area contributed by atoms with Crippen molar-refractivity contribution in [3.05, 3.63) is 54.2 Å². The lowest BCUT2D eigenvalue weighted by Gasteiger charge is -2.32. The molecule has 24 heavy (non-hydrogen) atoms. The number of rotatable bonds is 2. The minimum Gasteiger partial charge on any atom is -0.337 e. The summed E-state index contributed by atoms with van der Waals surface area (Å²) in [6.07, 6.45) is 7.35. The van der Waals surface area contributed by atoms with E-state index in [2.05, 4.69) is 21.1 Å². The van der Waals surface area contributed by atoms with Gasteiger partial charge in [-0.05, 0) is 37.1 Å². The average Bonchev–Trinajstić information content (AvgIpc) is 3.07. The van der Waals surface area contributed by atoms with Crippen LogP contribution < -0.4 is 0 Å².